The Morgan fingerprint density at radius 3 is 2.18 bits per heavy atom. The predicted molar refractivity (Wildman–Crippen MR) is 146 cm³/mol. The highest BCUT2D eigenvalue weighted by Crippen LogP contribution is 2.31. The minimum atomic E-state index is -3.61. The minimum absolute atomic E-state index is 0.0991. The molecule has 0 saturated carbocycles. The van der Waals surface area contributed by atoms with E-state index >= 15 is 0 Å². The number of benzene rings is 3. The van der Waals surface area contributed by atoms with Crippen LogP contribution < -0.4 is 16.4 Å². The molecule has 8 nitrogen and oxygen atoms in total. The molecule has 2 heterocycles. The molecule has 1 aromatic heterocycles. The fourth-order valence-electron chi connectivity index (χ4n) is 4.58. The maximum atomic E-state index is 13.3. The molecular formula is C28H29FN6O2S. The van der Waals surface area contributed by atoms with Crippen LogP contribution in [-0.2, 0) is 10.0 Å². The Morgan fingerprint density at radius 2 is 1.50 bits per heavy atom. The van der Waals surface area contributed by atoms with E-state index in [1.54, 1.807) is 48.7 Å². The molecule has 1 unspecified atom stereocenters. The summed E-state index contributed by atoms with van der Waals surface area (Å²) in [6.45, 7) is 0.879. The smallest absolute Gasteiger partial charge is 0.243 e. The van der Waals surface area contributed by atoms with Gasteiger partial charge in [0.1, 0.15) is 11.6 Å². The Bertz CT molecular complexity index is 1460. The Hall–Kier alpha value is -3.86. The number of nitrogens with zero attached hydrogens (tertiary/aromatic N) is 3. The lowest BCUT2D eigenvalue weighted by molar-refractivity contribution is 0.245. The fourth-order valence-corrected chi connectivity index (χ4v) is 6.05. The molecule has 0 aliphatic carbocycles. The van der Waals surface area contributed by atoms with Gasteiger partial charge in [0, 0.05) is 36.7 Å². The normalized spacial score (nSPS) is 15.6. The highest BCUT2D eigenvalue weighted by atomic mass is 32.2. The molecular weight excluding hydrogens is 503 g/mol. The number of aromatic nitrogens is 2. The van der Waals surface area contributed by atoms with Crippen LogP contribution >= 0.6 is 0 Å². The van der Waals surface area contributed by atoms with Crippen molar-refractivity contribution in [2.24, 2.45) is 11.7 Å². The first kappa shape index (κ1) is 25.8. The second kappa shape index (κ2) is 11.3. The van der Waals surface area contributed by atoms with E-state index in [2.05, 4.69) is 20.6 Å². The van der Waals surface area contributed by atoms with Gasteiger partial charge in [-0.1, -0.05) is 30.3 Å². The molecule has 38 heavy (non-hydrogen) atoms. The third-order valence-corrected chi connectivity index (χ3v) is 8.62. The van der Waals surface area contributed by atoms with Crippen molar-refractivity contribution >= 4 is 33.2 Å². The molecule has 1 fully saturated rings. The Morgan fingerprint density at radius 1 is 0.868 bits per heavy atom. The van der Waals surface area contributed by atoms with E-state index in [0.29, 0.717) is 49.1 Å². The van der Waals surface area contributed by atoms with Crippen molar-refractivity contribution in [3.63, 3.8) is 0 Å². The Labute approximate surface area is 221 Å². The topological polar surface area (TPSA) is 113 Å². The quantitative estimate of drug-likeness (QED) is 0.286. The second-order valence-corrected chi connectivity index (χ2v) is 11.2. The van der Waals surface area contributed by atoms with Crippen molar-refractivity contribution in [1.82, 2.24) is 14.3 Å². The number of anilines is 4. The van der Waals surface area contributed by atoms with Crippen LogP contribution in [0.4, 0.5) is 27.5 Å². The van der Waals surface area contributed by atoms with Gasteiger partial charge < -0.3 is 16.4 Å². The van der Waals surface area contributed by atoms with Gasteiger partial charge in [0.25, 0.3) is 0 Å². The Balaban J connectivity index is 1.20. The lowest BCUT2D eigenvalue weighted by Crippen LogP contribution is -2.40. The number of hydrogen-bond acceptors (Lipinski definition) is 7. The maximum absolute atomic E-state index is 13.3. The van der Waals surface area contributed by atoms with Gasteiger partial charge in [-0.2, -0.15) is 9.29 Å². The molecule has 1 aliphatic heterocycles. The van der Waals surface area contributed by atoms with Crippen molar-refractivity contribution in [3.05, 3.63) is 103 Å². The van der Waals surface area contributed by atoms with Gasteiger partial charge in [-0.25, -0.2) is 17.8 Å². The molecule has 1 saturated heterocycles. The van der Waals surface area contributed by atoms with Crippen LogP contribution in [0.1, 0.15) is 24.4 Å². The van der Waals surface area contributed by atoms with E-state index in [1.165, 1.54) is 16.4 Å². The van der Waals surface area contributed by atoms with E-state index in [4.69, 9.17) is 5.73 Å². The third-order valence-electron chi connectivity index (χ3n) is 6.71. The molecule has 3 aromatic carbocycles. The van der Waals surface area contributed by atoms with Gasteiger partial charge in [0.2, 0.25) is 16.0 Å². The zero-order valence-electron chi connectivity index (χ0n) is 20.7. The van der Waals surface area contributed by atoms with E-state index in [0.717, 1.165) is 5.56 Å². The molecule has 4 aromatic rings. The molecule has 0 spiro atoms. The van der Waals surface area contributed by atoms with Gasteiger partial charge >= 0.3 is 0 Å². The summed E-state index contributed by atoms with van der Waals surface area (Å²) in [5.74, 6) is 0.791. The summed E-state index contributed by atoms with van der Waals surface area (Å²) in [5, 5.41) is 6.18. The zero-order valence-corrected chi connectivity index (χ0v) is 21.5. The van der Waals surface area contributed by atoms with Crippen LogP contribution in [0.3, 0.4) is 0 Å². The molecule has 5 rings (SSSR count). The third kappa shape index (κ3) is 5.99. The second-order valence-electron chi connectivity index (χ2n) is 9.22. The summed E-state index contributed by atoms with van der Waals surface area (Å²) in [6.07, 6.45) is 3.02. The molecule has 0 radical (unpaired) electrons. The number of sulfonamides is 1. The van der Waals surface area contributed by atoms with Crippen LogP contribution in [-0.4, -0.2) is 35.8 Å². The molecule has 1 atom stereocenters. The van der Waals surface area contributed by atoms with Crippen LogP contribution in [0.2, 0.25) is 0 Å². The number of piperidine rings is 1. The van der Waals surface area contributed by atoms with Crippen LogP contribution in [0.25, 0.3) is 0 Å². The van der Waals surface area contributed by atoms with Crippen LogP contribution in [0, 0.1) is 11.7 Å². The summed E-state index contributed by atoms with van der Waals surface area (Å²) in [7, 11) is -3.61. The number of nitrogens with one attached hydrogen (secondary N) is 2. The molecule has 10 heteroatoms. The SMILES string of the molecule is NC(c1ccccc1)C1CCN(S(=O)(=O)c2ccc(Nc3nccc(Nc4ccc(F)cc4)n3)cc2)CC1. The van der Waals surface area contributed by atoms with Crippen molar-refractivity contribution in [2.75, 3.05) is 23.7 Å². The van der Waals surface area contributed by atoms with Gasteiger partial charge in [-0.3, -0.25) is 0 Å². The largest absolute Gasteiger partial charge is 0.340 e. The predicted octanol–water partition coefficient (Wildman–Crippen LogP) is 5.20. The number of nitrogens with two attached hydrogens (primary N) is 1. The summed E-state index contributed by atoms with van der Waals surface area (Å²) in [6, 6.07) is 24.0. The summed E-state index contributed by atoms with van der Waals surface area (Å²) in [4.78, 5) is 8.87. The molecule has 0 amide bonds. The molecule has 1 aliphatic rings. The highest BCUT2D eigenvalue weighted by Gasteiger charge is 2.32. The van der Waals surface area contributed by atoms with Gasteiger partial charge in [0.05, 0.1) is 4.90 Å². The first-order chi connectivity index (χ1) is 18.4. The first-order valence-corrected chi connectivity index (χ1v) is 13.9. The summed E-state index contributed by atoms with van der Waals surface area (Å²) >= 11 is 0. The molecule has 0 bridgehead atoms. The van der Waals surface area contributed by atoms with Crippen molar-refractivity contribution < 1.29 is 12.8 Å². The first-order valence-electron chi connectivity index (χ1n) is 12.4. The van der Waals surface area contributed by atoms with Gasteiger partial charge in [-0.15, -0.1) is 0 Å². The lowest BCUT2D eigenvalue weighted by Gasteiger charge is -2.34. The standard InChI is InChI=1S/C28H29FN6O2S/c29-22-6-8-23(9-7-22)32-26-14-17-31-28(34-26)33-24-10-12-25(13-11-24)38(36,37)35-18-15-21(16-19-35)27(30)20-4-2-1-3-5-20/h1-14,17,21,27H,15-16,18-19,30H2,(H2,31,32,33,34). The number of hydrogen-bond donors (Lipinski definition) is 3. The highest BCUT2D eigenvalue weighted by molar-refractivity contribution is 7.89. The van der Waals surface area contributed by atoms with Crippen LogP contribution in [0.5, 0.6) is 0 Å². The van der Waals surface area contributed by atoms with Gasteiger partial charge in [0.15, 0.2) is 0 Å². The summed E-state index contributed by atoms with van der Waals surface area (Å²) in [5.41, 5.74) is 8.89. The van der Waals surface area contributed by atoms with Gasteiger partial charge in [-0.05, 0) is 78.9 Å². The monoisotopic (exact) mass is 532 g/mol. The van der Waals surface area contributed by atoms with E-state index < -0.39 is 10.0 Å². The van der Waals surface area contributed by atoms with Crippen molar-refractivity contribution in [3.8, 4) is 0 Å². The average Bonchev–Trinajstić information content (AvgIpc) is 2.95. The Kier molecular flexibility index (Phi) is 7.64. The number of rotatable bonds is 8. The van der Waals surface area contributed by atoms with E-state index in [1.807, 2.05) is 30.3 Å². The lowest BCUT2D eigenvalue weighted by atomic mass is 9.87. The zero-order chi connectivity index (χ0) is 26.5. The minimum Gasteiger partial charge on any atom is -0.340 e. The van der Waals surface area contributed by atoms with E-state index in [9.17, 15) is 12.8 Å². The fraction of sp³-hybridized carbons (Fsp3) is 0.214. The molecule has 196 valence electrons. The maximum Gasteiger partial charge on any atom is 0.243 e. The number of halogens is 1. The molecule has 4 N–H and O–H groups in total. The average molecular weight is 533 g/mol. The van der Waals surface area contributed by atoms with Crippen molar-refractivity contribution in [1.29, 1.82) is 0 Å². The summed E-state index contributed by atoms with van der Waals surface area (Å²) < 4.78 is 41.2. The van der Waals surface area contributed by atoms with Crippen molar-refractivity contribution in [2.45, 2.75) is 23.8 Å². The van der Waals surface area contributed by atoms with E-state index in [-0.39, 0.29) is 22.7 Å². The van der Waals surface area contributed by atoms with Crippen LogP contribution in [0.15, 0.2) is 96.0 Å².